The lowest BCUT2D eigenvalue weighted by atomic mass is 10.0. The van der Waals surface area contributed by atoms with E-state index < -0.39 is 12.2 Å². The number of anilines is 1. The van der Waals surface area contributed by atoms with E-state index in [1.807, 2.05) is 54.6 Å². The fourth-order valence-electron chi connectivity index (χ4n) is 6.19. The van der Waals surface area contributed by atoms with E-state index in [4.69, 9.17) is 4.74 Å². The summed E-state index contributed by atoms with van der Waals surface area (Å²) < 4.78 is 5.78. The molecule has 244 valence electrons. The quantitative estimate of drug-likeness (QED) is 0.0944. The predicted octanol–water partition coefficient (Wildman–Crippen LogP) is 6.58. The number of pyridine rings is 1. The number of aromatic nitrogens is 1. The van der Waals surface area contributed by atoms with E-state index in [9.17, 15) is 19.8 Å². The van der Waals surface area contributed by atoms with Crippen molar-refractivity contribution in [1.29, 1.82) is 0 Å². The number of H-pyrrole nitrogens is 1. The molecule has 9 heteroatoms. The Morgan fingerprint density at radius 1 is 0.891 bits per heavy atom. The highest BCUT2D eigenvalue weighted by atomic mass is 16.6. The first-order valence-corrected chi connectivity index (χ1v) is 16.6. The lowest BCUT2D eigenvalue weighted by molar-refractivity contribution is 0.0584. The van der Waals surface area contributed by atoms with Crippen molar-refractivity contribution in [3.05, 3.63) is 94.8 Å². The van der Waals surface area contributed by atoms with E-state index in [0.717, 1.165) is 68.7 Å². The van der Waals surface area contributed by atoms with Crippen LogP contribution in [0.1, 0.15) is 63.0 Å². The third-order valence-electron chi connectivity index (χ3n) is 8.74. The van der Waals surface area contributed by atoms with Crippen LogP contribution < -0.4 is 16.2 Å². The number of nitrogens with one attached hydrogen (secondary N) is 3. The number of unbranched alkanes of at least 4 members (excludes halogenated alkanes) is 5. The summed E-state index contributed by atoms with van der Waals surface area (Å²) in [6, 6.07) is 24.1. The Morgan fingerprint density at radius 3 is 2.41 bits per heavy atom. The molecule has 3 aromatic carbocycles. The number of hydrogen-bond acceptors (Lipinski definition) is 7. The minimum atomic E-state index is -0.731. The highest BCUT2D eigenvalue weighted by Gasteiger charge is 2.22. The number of aliphatic hydroxyl groups excluding tert-OH is 1. The van der Waals surface area contributed by atoms with Crippen molar-refractivity contribution in [3.8, 4) is 16.9 Å². The molecule has 1 aliphatic heterocycles. The second kappa shape index (κ2) is 16.9. The molecule has 0 spiro atoms. The van der Waals surface area contributed by atoms with Gasteiger partial charge in [0, 0.05) is 36.7 Å². The van der Waals surface area contributed by atoms with Crippen molar-refractivity contribution in [1.82, 2.24) is 15.2 Å². The van der Waals surface area contributed by atoms with Crippen LogP contribution in [-0.4, -0.2) is 65.0 Å². The minimum absolute atomic E-state index is 0.00509. The van der Waals surface area contributed by atoms with E-state index in [0.29, 0.717) is 23.0 Å². The second-order valence-corrected chi connectivity index (χ2v) is 12.1. The Bertz CT molecular complexity index is 1600. The number of phenols is 1. The Kier molecular flexibility index (Phi) is 12.2. The standard InChI is InChI=1S/C37H46N4O5/c42-33-18-16-30(31-17-19-35(44)40-36(31)33)34(43)26-38-22-10-3-1-2-4-11-23-41-24-20-28(21-25-41)46-37(45)39-32-15-9-8-14-29(32)27-12-6-5-7-13-27/h5-9,12-19,28,34,38,42-43H,1-4,10-11,20-26H2,(H,39,45)(H,40,44)/t34-/m1/s1. The lowest BCUT2D eigenvalue weighted by Crippen LogP contribution is -2.38. The van der Waals surface area contributed by atoms with Crippen LogP contribution in [0.15, 0.2) is 83.7 Å². The highest BCUT2D eigenvalue weighted by Crippen LogP contribution is 2.29. The molecule has 1 amide bonds. The third kappa shape index (κ3) is 9.42. The van der Waals surface area contributed by atoms with Crippen molar-refractivity contribution >= 4 is 22.7 Å². The molecule has 1 atom stereocenters. The van der Waals surface area contributed by atoms with Crippen LogP contribution in [-0.2, 0) is 4.74 Å². The van der Waals surface area contributed by atoms with Gasteiger partial charge in [0.15, 0.2) is 0 Å². The van der Waals surface area contributed by atoms with Gasteiger partial charge in [0.05, 0.1) is 17.3 Å². The molecule has 5 rings (SSSR count). The Labute approximate surface area is 270 Å². The lowest BCUT2D eigenvalue weighted by Gasteiger charge is -2.31. The molecule has 0 bridgehead atoms. The van der Waals surface area contributed by atoms with Crippen LogP contribution in [0, 0.1) is 0 Å². The summed E-state index contributed by atoms with van der Waals surface area (Å²) >= 11 is 0. The average Bonchev–Trinajstić information content (AvgIpc) is 3.07. The van der Waals surface area contributed by atoms with Gasteiger partial charge in [-0.15, -0.1) is 0 Å². The number of hydrogen-bond donors (Lipinski definition) is 5. The maximum absolute atomic E-state index is 12.7. The summed E-state index contributed by atoms with van der Waals surface area (Å²) in [4.78, 5) is 29.4. The fourth-order valence-corrected chi connectivity index (χ4v) is 6.19. The number of carbonyl (C=O) groups is 1. The predicted molar refractivity (Wildman–Crippen MR) is 183 cm³/mol. The van der Waals surface area contributed by atoms with Crippen LogP contribution in [0.5, 0.6) is 5.75 Å². The molecule has 4 aromatic rings. The molecule has 1 aromatic heterocycles. The third-order valence-corrected chi connectivity index (χ3v) is 8.74. The summed E-state index contributed by atoms with van der Waals surface area (Å²) in [5, 5.41) is 27.6. The van der Waals surface area contributed by atoms with Gasteiger partial charge >= 0.3 is 6.09 Å². The maximum atomic E-state index is 12.7. The number of piperidine rings is 1. The molecule has 5 N–H and O–H groups in total. The number of rotatable bonds is 15. The number of carbonyl (C=O) groups excluding carboxylic acids is 1. The zero-order valence-electron chi connectivity index (χ0n) is 26.4. The summed E-state index contributed by atoms with van der Waals surface area (Å²) in [6.07, 6.45) is 7.53. The van der Waals surface area contributed by atoms with Crippen molar-refractivity contribution < 1.29 is 19.7 Å². The van der Waals surface area contributed by atoms with Gasteiger partial charge in [-0.05, 0) is 68.1 Å². The molecule has 9 nitrogen and oxygen atoms in total. The van der Waals surface area contributed by atoms with Crippen LogP contribution in [0.25, 0.3) is 22.0 Å². The topological polar surface area (TPSA) is 127 Å². The van der Waals surface area contributed by atoms with Crippen LogP contribution in [0.2, 0.25) is 0 Å². The number of fused-ring (bicyclic) bond motifs is 1. The van der Waals surface area contributed by atoms with E-state index in [-0.39, 0.29) is 17.4 Å². The number of amides is 1. The van der Waals surface area contributed by atoms with E-state index >= 15 is 0 Å². The van der Waals surface area contributed by atoms with E-state index in [1.54, 1.807) is 12.1 Å². The SMILES string of the molecule is O=C(Nc1ccccc1-c1ccccc1)OC1CCN(CCCCCCCCNC[C@@H](O)c2ccc(O)c3[nH]c(=O)ccc23)CC1. The molecular formula is C37H46N4O5. The molecule has 1 aliphatic rings. The Hall–Kier alpha value is -4.18. The molecule has 0 aliphatic carbocycles. The Balaban J connectivity index is 0.892. The van der Waals surface area contributed by atoms with Crippen LogP contribution in [0.4, 0.5) is 10.5 Å². The van der Waals surface area contributed by atoms with Gasteiger partial charge in [-0.1, -0.05) is 80.3 Å². The number of ether oxygens (including phenoxy) is 1. The van der Waals surface area contributed by atoms with Crippen LogP contribution in [0.3, 0.4) is 0 Å². The number of benzene rings is 3. The van der Waals surface area contributed by atoms with Gasteiger partial charge in [0.1, 0.15) is 11.9 Å². The van der Waals surface area contributed by atoms with Crippen molar-refractivity contribution in [2.75, 3.05) is 38.0 Å². The first kappa shape index (κ1) is 33.2. The summed E-state index contributed by atoms with van der Waals surface area (Å²) in [7, 11) is 0. The smallest absolute Gasteiger partial charge is 0.411 e. The van der Waals surface area contributed by atoms with Crippen molar-refractivity contribution in [2.45, 2.75) is 63.6 Å². The van der Waals surface area contributed by atoms with Gasteiger partial charge in [0.2, 0.25) is 5.56 Å². The molecule has 1 saturated heterocycles. The monoisotopic (exact) mass is 626 g/mol. The molecule has 0 radical (unpaired) electrons. The second-order valence-electron chi connectivity index (χ2n) is 12.1. The van der Waals surface area contributed by atoms with Crippen molar-refractivity contribution in [3.63, 3.8) is 0 Å². The first-order valence-electron chi connectivity index (χ1n) is 16.6. The molecule has 1 fully saturated rings. The first-order chi connectivity index (χ1) is 22.5. The highest BCUT2D eigenvalue weighted by molar-refractivity contribution is 5.91. The number of phenolic OH excluding ortho intramolecular Hbond substituents is 1. The number of aromatic amines is 1. The van der Waals surface area contributed by atoms with E-state index in [1.165, 1.54) is 37.8 Å². The molecular weight excluding hydrogens is 580 g/mol. The molecule has 2 heterocycles. The largest absolute Gasteiger partial charge is 0.506 e. The molecule has 0 saturated carbocycles. The van der Waals surface area contributed by atoms with E-state index in [2.05, 4.69) is 20.5 Å². The Morgan fingerprint density at radius 2 is 1.61 bits per heavy atom. The summed E-state index contributed by atoms with van der Waals surface area (Å²) in [5.41, 5.74) is 3.53. The minimum Gasteiger partial charge on any atom is -0.506 e. The van der Waals surface area contributed by atoms with Gasteiger partial charge in [-0.2, -0.15) is 0 Å². The van der Waals surface area contributed by atoms with Crippen molar-refractivity contribution in [2.24, 2.45) is 0 Å². The molecule has 0 unspecified atom stereocenters. The fraction of sp³-hybridized carbons (Fsp3) is 0.405. The van der Waals surface area contributed by atoms with Gasteiger partial charge in [0.25, 0.3) is 0 Å². The number of para-hydroxylation sites is 1. The zero-order valence-corrected chi connectivity index (χ0v) is 26.4. The number of aromatic hydroxyl groups is 1. The van der Waals surface area contributed by atoms with Crippen LogP contribution >= 0.6 is 0 Å². The summed E-state index contributed by atoms with van der Waals surface area (Å²) in [6.45, 7) is 4.23. The normalized spacial score (nSPS) is 14.7. The van der Waals surface area contributed by atoms with Gasteiger partial charge in [-0.25, -0.2) is 4.79 Å². The zero-order chi connectivity index (χ0) is 32.1. The average molecular weight is 627 g/mol. The molecule has 46 heavy (non-hydrogen) atoms. The maximum Gasteiger partial charge on any atom is 0.411 e. The number of nitrogens with zero attached hydrogens (tertiary/aromatic N) is 1. The summed E-state index contributed by atoms with van der Waals surface area (Å²) in [5.74, 6) is -0.00509. The number of aliphatic hydroxyl groups is 1. The van der Waals surface area contributed by atoms with Gasteiger partial charge in [-0.3, -0.25) is 10.1 Å². The number of likely N-dealkylation sites (tertiary alicyclic amines) is 1. The van der Waals surface area contributed by atoms with Gasteiger partial charge < -0.3 is 30.2 Å².